The molecule has 1 rings (SSSR count). The number of nitrogens with one attached hydrogen (secondary N) is 2. The molecular weight excluding hydrogens is 329 g/mol. The summed E-state index contributed by atoms with van der Waals surface area (Å²) in [6, 6.07) is 3.15. The number of pyridine rings is 1. The van der Waals surface area contributed by atoms with Crippen molar-refractivity contribution < 1.29 is 17.9 Å². The minimum atomic E-state index is -4.38. The van der Waals surface area contributed by atoms with Crippen molar-refractivity contribution in [1.82, 2.24) is 15.6 Å². The Kier molecular flexibility index (Phi) is 8.60. The van der Waals surface area contributed by atoms with Gasteiger partial charge in [0.25, 0.3) is 0 Å². The van der Waals surface area contributed by atoms with Crippen LogP contribution in [0, 0.1) is 0 Å². The van der Waals surface area contributed by atoms with E-state index < -0.39 is 12.8 Å². The van der Waals surface area contributed by atoms with Gasteiger partial charge in [-0.3, -0.25) is 0 Å². The lowest BCUT2D eigenvalue weighted by molar-refractivity contribution is -0.154. The normalized spacial score (nSPS) is 12.1. The van der Waals surface area contributed by atoms with E-state index in [1.54, 1.807) is 17.8 Å². The molecule has 1 aromatic rings. The van der Waals surface area contributed by atoms with E-state index in [1.165, 1.54) is 12.3 Å². The van der Waals surface area contributed by atoms with Crippen molar-refractivity contribution in [2.75, 3.05) is 31.7 Å². The molecule has 0 spiro atoms. The van der Waals surface area contributed by atoms with Crippen molar-refractivity contribution in [2.45, 2.75) is 19.6 Å². The Hall–Kier alpha value is -1.64. The largest absolute Gasteiger partial charge is 0.468 e. The highest BCUT2D eigenvalue weighted by atomic mass is 32.2. The standard InChI is InChI=1S/C14H21F3N4OS/c1-3-18-13(20-6-7-23-2)21-9-11-4-5-19-12(8-11)22-10-14(15,16)17/h4-5,8H,3,6-7,9-10H2,1-2H3,(H2,18,20,21). The number of hydrogen-bond donors (Lipinski definition) is 2. The van der Waals surface area contributed by atoms with Crippen LogP contribution in [0.4, 0.5) is 13.2 Å². The van der Waals surface area contributed by atoms with Gasteiger partial charge in [-0.2, -0.15) is 24.9 Å². The Labute approximate surface area is 138 Å². The molecule has 0 fully saturated rings. The molecule has 1 aromatic heterocycles. The first-order valence-corrected chi connectivity index (χ1v) is 8.49. The smallest absolute Gasteiger partial charge is 0.422 e. The minimum Gasteiger partial charge on any atom is -0.468 e. The average Bonchev–Trinajstić information content (AvgIpc) is 2.50. The van der Waals surface area contributed by atoms with E-state index in [4.69, 9.17) is 0 Å². The zero-order valence-electron chi connectivity index (χ0n) is 13.1. The van der Waals surface area contributed by atoms with Gasteiger partial charge in [0.15, 0.2) is 12.6 Å². The van der Waals surface area contributed by atoms with Gasteiger partial charge in [-0.05, 0) is 24.8 Å². The zero-order chi connectivity index (χ0) is 17.1. The predicted octanol–water partition coefficient (Wildman–Crippen LogP) is 2.44. The van der Waals surface area contributed by atoms with Crippen LogP contribution in [0.2, 0.25) is 0 Å². The molecule has 5 nitrogen and oxygen atoms in total. The van der Waals surface area contributed by atoms with Gasteiger partial charge in [-0.15, -0.1) is 0 Å². The second kappa shape index (κ2) is 10.2. The summed E-state index contributed by atoms with van der Waals surface area (Å²) in [5, 5.41) is 6.28. The summed E-state index contributed by atoms with van der Waals surface area (Å²) in [5.74, 6) is 1.56. The third kappa shape index (κ3) is 9.17. The summed E-state index contributed by atoms with van der Waals surface area (Å²) in [4.78, 5) is 8.15. The van der Waals surface area contributed by atoms with Crippen LogP contribution in [0.1, 0.15) is 12.5 Å². The maximum absolute atomic E-state index is 12.1. The van der Waals surface area contributed by atoms with E-state index >= 15 is 0 Å². The van der Waals surface area contributed by atoms with Crippen molar-refractivity contribution >= 4 is 17.7 Å². The van der Waals surface area contributed by atoms with Gasteiger partial charge in [-0.25, -0.2) is 9.98 Å². The van der Waals surface area contributed by atoms with Crippen LogP contribution in [0.15, 0.2) is 23.3 Å². The van der Waals surface area contributed by atoms with E-state index in [2.05, 4.69) is 25.3 Å². The number of nitrogens with zero attached hydrogens (tertiary/aromatic N) is 2. The number of guanidine groups is 1. The molecule has 2 N–H and O–H groups in total. The average molecular weight is 350 g/mol. The Bertz CT molecular complexity index is 497. The monoisotopic (exact) mass is 350 g/mol. The Balaban J connectivity index is 2.61. The molecule has 23 heavy (non-hydrogen) atoms. The minimum absolute atomic E-state index is 0.0598. The highest BCUT2D eigenvalue weighted by Gasteiger charge is 2.28. The van der Waals surface area contributed by atoms with Crippen molar-refractivity contribution in [3.05, 3.63) is 23.9 Å². The molecule has 0 radical (unpaired) electrons. The van der Waals surface area contributed by atoms with Gasteiger partial charge >= 0.3 is 6.18 Å². The molecular formula is C14H21F3N4OS. The van der Waals surface area contributed by atoms with E-state index in [0.29, 0.717) is 12.5 Å². The van der Waals surface area contributed by atoms with Crippen LogP contribution in [0.5, 0.6) is 5.88 Å². The van der Waals surface area contributed by atoms with Crippen LogP contribution in [-0.2, 0) is 6.54 Å². The van der Waals surface area contributed by atoms with Gasteiger partial charge in [0, 0.05) is 31.1 Å². The fraction of sp³-hybridized carbons (Fsp3) is 0.571. The quantitative estimate of drug-likeness (QED) is 0.428. The van der Waals surface area contributed by atoms with E-state index in [0.717, 1.165) is 24.4 Å². The lowest BCUT2D eigenvalue weighted by Crippen LogP contribution is -2.38. The van der Waals surface area contributed by atoms with Crippen LogP contribution in [-0.4, -0.2) is 48.8 Å². The molecule has 130 valence electrons. The summed E-state index contributed by atoms with van der Waals surface area (Å²) in [6.45, 7) is 2.43. The number of hydrogen-bond acceptors (Lipinski definition) is 4. The van der Waals surface area contributed by atoms with Crippen LogP contribution >= 0.6 is 11.8 Å². The summed E-state index contributed by atoms with van der Waals surface area (Å²) < 4.78 is 41.0. The Morgan fingerprint density at radius 2 is 2.17 bits per heavy atom. The first kappa shape index (κ1) is 19.4. The molecule has 0 aliphatic heterocycles. The lowest BCUT2D eigenvalue weighted by atomic mass is 10.3. The van der Waals surface area contributed by atoms with Crippen molar-refractivity contribution in [1.29, 1.82) is 0 Å². The highest BCUT2D eigenvalue weighted by molar-refractivity contribution is 7.98. The molecule has 0 saturated carbocycles. The number of rotatable bonds is 8. The molecule has 0 amide bonds. The molecule has 0 unspecified atom stereocenters. The maximum Gasteiger partial charge on any atom is 0.422 e. The lowest BCUT2D eigenvalue weighted by Gasteiger charge is -2.11. The number of ether oxygens (including phenoxy) is 1. The fourth-order valence-electron chi connectivity index (χ4n) is 1.57. The first-order chi connectivity index (χ1) is 10.9. The fourth-order valence-corrected chi connectivity index (χ4v) is 1.87. The third-order valence-corrected chi connectivity index (χ3v) is 3.16. The molecule has 0 aliphatic carbocycles. The summed E-state index contributed by atoms with van der Waals surface area (Å²) in [7, 11) is 0. The first-order valence-electron chi connectivity index (χ1n) is 7.10. The van der Waals surface area contributed by atoms with Crippen molar-refractivity contribution in [3.8, 4) is 5.88 Å². The van der Waals surface area contributed by atoms with Gasteiger partial charge < -0.3 is 15.4 Å². The van der Waals surface area contributed by atoms with Gasteiger partial charge in [0.05, 0.1) is 6.54 Å². The molecule has 1 heterocycles. The predicted molar refractivity (Wildman–Crippen MR) is 87.0 cm³/mol. The second-order valence-electron chi connectivity index (χ2n) is 4.52. The summed E-state index contributed by atoms with van der Waals surface area (Å²) in [6.07, 6.45) is -0.953. The van der Waals surface area contributed by atoms with Crippen LogP contribution < -0.4 is 15.4 Å². The number of aliphatic imine (C=N–C) groups is 1. The summed E-state index contributed by atoms with van der Waals surface area (Å²) in [5.41, 5.74) is 0.722. The Morgan fingerprint density at radius 3 is 2.83 bits per heavy atom. The number of thioether (sulfide) groups is 1. The summed E-state index contributed by atoms with van der Waals surface area (Å²) >= 11 is 1.72. The number of alkyl halides is 3. The molecule has 0 saturated heterocycles. The van der Waals surface area contributed by atoms with Crippen LogP contribution in [0.3, 0.4) is 0 Å². The maximum atomic E-state index is 12.1. The van der Waals surface area contributed by atoms with E-state index in [1.807, 2.05) is 13.2 Å². The highest BCUT2D eigenvalue weighted by Crippen LogP contribution is 2.17. The van der Waals surface area contributed by atoms with Crippen molar-refractivity contribution in [2.24, 2.45) is 4.99 Å². The molecule has 0 aromatic carbocycles. The van der Waals surface area contributed by atoms with Gasteiger partial charge in [0.2, 0.25) is 5.88 Å². The van der Waals surface area contributed by atoms with Gasteiger partial charge in [-0.1, -0.05) is 0 Å². The molecule has 9 heteroatoms. The zero-order valence-corrected chi connectivity index (χ0v) is 13.9. The number of halogens is 3. The number of aromatic nitrogens is 1. The SMILES string of the molecule is CCNC(=NCc1ccnc(OCC(F)(F)F)c1)NCCSC. The van der Waals surface area contributed by atoms with E-state index in [-0.39, 0.29) is 5.88 Å². The molecule has 0 bridgehead atoms. The van der Waals surface area contributed by atoms with Crippen LogP contribution in [0.25, 0.3) is 0 Å². The second-order valence-corrected chi connectivity index (χ2v) is 5.51. The Morgan fingerprint density at radius 1 is 1.39 bits per heavy atom. The van der Waals surface area contributed by atoms with E-state index in [9.17, 15) is 13.2 Å². The third-order valence-electron chi connectivity index (χ3n) is 2.55. The van der Waals surface area contributed by atoms with Gasteiger partial charge in [0.1, 0.15) is 0 Å². The van der Waals surface area contributed by atoms with Crippen molar-refractivity contribution in [3.63, 3.8) is 0 Å². The molecule has 0 atom stereocenters. The molecule has 0 aliphatic rings. The topological polar surface area (TPSA) is 58.5 Å².